The number of amides is 1. The Morgan fingerprint density at radius 3 is 2.58 bits per heavy atom. The number of carbonyl (C=O) groups is 1. The number of carbonyl (C=O) groups excluding carboxylic acids is 1. The molecule has 0 unspecified atom stereocenters. The fourth-order valence-corrected chi connectivity index (χ4v) is 3.42. The summed E-state index contributed by atoms with van der Waals surface area (Å²) in [4.78, 5) is 29.7. The van der Waals surface area contributed by atoms with Crippen molar-refractivity contribution in [2.75, 3.05) is 20.8 Å². The molecule has 9 nitrogen and oxygen atoms in total. The molecule has 1 amide bonds. The van der Waals surface area contributed by atoms with Crippen molar-refractivity contribution in [1.82, 2.24) is 24.6 Å². The first-order valence-corrected chi connectivity index (χ1v) is 10.1. The molecule has 1 N–H and O–H groups in total. The largest absolute Gasteiger partial charge is 0.497 e. The molecule has 2 aromatic heterocycles. The summed E-state index contributed by atoms with van der Waals surface area (Å²) in [7, 11) is 3.02. The second-order valence-corrected chi connectivity index (χ2v) is 7.27. The number of halogens is 1. The molecule has 2 aromatic carbocycles. The van der Waals surface area contributed by atoms with Gasteiger partial charge in [-0.25, -0.2) is 14.1 Å². The molecule has 0 aliphatic heterocycles. The van der Waals surface area contributed by atoms with E-state index in [0.29, 0.717) is 40.2 Å². The quantitative estimate of drug-likeness (QED) is 0.441. The number of hydrogen-bond donors (Lipinski definition) is 1. The highest BCUT2D eigenvalue weighted by Crippen LogP contribution is 2.22. The maximum absolute atomic E-state index is 13.4. The molecule has 0 aliphatic carbocycles. The van der Waals surface area contributed by atoms with Crippen LogP contribution in [0.5, 0.6) is 11.5 Å². The van der Waals surface area contributed by atoms with Crippen molar-refractivity contribution >= 4 is 16.9 Å². The van der Waals surface area contributed by atoms with E-state index >= 15 is 0 Å². The summed E-state index contributed by atoms with van der Waals surface area (Å²) in [5, 5.41) is 7.39. The maximum atomic E-state index is 13.4. The van der Waals surface area contributed by atoms with E-state index in [1.54, 1.807) is 35.0 Å². The van der Waals surface area contributed by atoms with E-state index in [-0.39, 0.29) is 30.4 Å². The summed E-state index contributed by atoms with van der Waals surface area (Å²) in [5.74, 6) is 0.360. The third kappa shape index (κ3) is 4.84. The lowest BCUT2D eigenvalue weighted by Crippen LogP contribution is -2.28. The van der Waals surface area contributed by atoms with Crippen LogP contribution in [0.3, 0.4) is 0 Å². The smallest absolute Gasteiger partial charge is 0.264 e. The standard InChI is InChI=1S/C23H22FN5O4/c1-32-18-9-16(10-19(11-18)33-2)22(30)25-6-7-29-21-20(12-27-29)23(31)28(14-26-21)13-15-4-3-5-17(24)8-15/h3-5,8-12,14H,6-7,13H2,1-2H3,(H,25,30). The number of rotatable bonds is 8. The van der Waals surface area contributed by atoms with E-state index < -0.39 is 0 Å². The van der Waals surface area contributed by atoms with Crippen molar-refractivity contribution in [1.29, 1.82) is 0 Å². The van der Waals surface area contributed by atoms with Crippen LogP contribution in [0.25, 0.3) is 11.0 Å². The number of fused-ring (bicyclic) bond motifs is 1. The minimum atomic E-state index is -0.364. The van der Waals surface area contributed by atoms with Gasteiger partial charge in [0.15, 0.2) is 5.65 Å². The zero-order chi connectivity index (χ0) is 23.4. The lowest BCUT2D eigenvalue weighted by Gasteiger charge is -2.10. The van der Waals surface area contributed by atoms with E-state index in [2.05, 4.69) is 15.4 Å². The first-order valence-electron chi connectivity index (χ1n) is 10.1. The van der Waals surface area contributed by atoms with Crippen molar-refractivity contribution in [2.24, 2.45) is 0 Å². The number of hydrogen-bond acceptors (Lipinski definition) is 6. The molecule has 170 valence electrons. The van der Waals surface area contributed by atoms with E-state index in [9.17, 15) is 14.0 Å². The van der Waals surface area contributed by atoms with Crippen molar-refractivity contribution in [3.05, 3.63) is 82.3 Å². The van der Waals surface area contributed by atoms with Crippen molar-refractivity contribution in [3.8, 4) is 11.5 Å². The van der Waals surface area contributed by atoms with Crippen LogP contribution in [0.2, 0.25) is 0 Å². The molecular formula is C23H22FN5O4. The summed E-state index contributed by atoms with van der Waals surface area (Å²) in [6.45, 7) is 0.782. The first-order chi connectivity index (χ1) is 16.0. The van der Waals surface area contributed by atoms with Crippen LogP contribution in [0.4, 0.5) is 4.39 Å². The van der Waals surface area contributed by atoms with Gasteiger partial charge in [-0.2, -0.15) is 5.10 Å². The molecule has 0 radical (unpaired) electrons. The van der Waals surface area contributed by atoms with Crippen LogP contribution >= 0.6 is 0 Å². The van der Waals surface area contributed by atoms with Crippen LogP contribution in [0.15, 0.2) is 59.8 Å². The van der Waals surface area contributed by atoms with E-state index in [0.717, 1.165) is 0 Å². The highest BCUT2D eigenvalue weighted by Gasteiger charge is 2.13. The van der Waals surface area contributed by atoms with Crippen LogP contribution in [0, 0.1) is 5.82 Å². The number of nitrogens with one attached hydrogen (secondary N) is 1. The monoisotopic (exact) mass is 451 g/mol. The molecule has 2 heterocycles. The Labute approximate surface area is 188 Å². The molecule has 10 heteroatoms. The van der Waals surface area contributed by atoms with Gasteiger partial charge in [0.05, 0.1) is 33.5 Å². The van der Waals surface area contributed by atoms with Crippen molar-refractivity contribution < 1.29 is 18.7 Å². The Hall–Kier alpha value is -4.21. The lowest BCUT2D eigenvalue weighted by atomic mass is 10.2. The molecule has 0 saturated carbocycles. The molecule has 4 aromatic rings. The number of nitrogens with zero attached hydrogens (tertiary/aromatic N) is 4. The van der Waals surface area contributed by atoms with Gasteiger partial charge in [0, 0.05) is 18.2 Å². The second-order valence-electron chi connectivity index (χ2n) is 7.27. The van der Waals surface area contributed by atoms with Gasteiger partial charge in [-0.15, -0.1) is 0 Å². The zero-order valence-corrected chi connectivity index (χ0v) is 18.1. The highest BCUT2D eigenvalue weighted by molar-refractivity contribution is 5.95. The Kier molecular flexibility index (Phi) is 6.34. The molecule has 0 spiro atoms. The van der Waals surface area contributed by atoms with Gasteiger partial charge >= 0.3 is 0 Å². The van der Waals surface area contributed by atoms with Gasteiger partial charge < -0.3 is 14.8 Å². The van der Waals surface area contributed by atoms with E-state index in [1.165, 1.54) is 43.4 Å². The molecule has 0 aliphatic rings. The Morgan fingerprint density at radius 1 is 1.12 bits per heavy atom. The summed E-state index contributed by atoms with van der Waals surface area (Å²) >= 11 is 0. The highest BCUT2D eigenvalue weighted by atomic mass is 19.1. The topological polar surface area (TPSA) is 100 Å². The molecule has 33 heavy (non-hydrogen) atoms. The van der Waals surface area contributed by atoms with Crippen LogP contribution in [0.1, 0.15) is 15.9 Å². The van der Waals surface area contributed by atoms with Crippen molar-refractivity contribution in [2.45, 2.75) is 13.1 Å². The predicted octanol–water partition coefficient (Wildman–Crippen LogP) is 2.23. The van der Waals surface area contributed by atoms with Gasteiger partial charge in [0.25, 0.3) is 11.5 Å². The van der Waals surface area contributed by atoms with Crippen molar-refractivity contribution in [3.63, 3.8) is 0 Å². The predicted molar refractivity (Wildman–Crippen MR) is 119 cm³/mol. The minimum Gasteiger partial charge on any atom is -0.497 e. The van der Waals surface area contributed by atoms with Gasteiger partial charge in [-0.1, -0.05) is 12.1 Å². The summed E-state index contributed by atoms with van der Waals surface area (Å²) in [5.41, 5.74) is 1.19. The van der Waals surface area contributed by atoms with E-state index in [4.69, 9.17) is 9.47 Å². The molecular weight excluding hydrogens is 429 g/mol. The SMILES string of the molecule is COc1cc(OC)cc(C(=O)NCCn2ncc3c(=O)n(Cc4cccc(F)c4)cnc32)c1. The minimum absolute atomic E-state index is 0.199. The van der Waals surface area contributed by atoms with Crippen LogP contribution < -0.4 is 20.3 Å². The van der Waals surface area contributed by atoms with Gasteiger partial charge in [0.2, 0.25) is 0 Å². The average Bonchev–Trinajstić information content (AvgIpc) is 3.24. The Balaban J connectivity index is 1.45. The number of methoxy groups -OCH3 is 2. The number of ether oxygens (including phenoxy) is 2. The molecule has 0 saturated heterocycles. The maximum Gasteiger partial charge on any atom is 0.264 e. The lowest BCUT2D eigenvalue weighted by molar-refractivity contribution is 0.0951. The van der Waals surface area contributed by atoms with E-state index in [1.807, 2.05) is 0 Å². The van der Waals surface area contributed by atoms with Gasteiger partial charge in [-0.3, -0.25) is 14.2 Å². The molecule has 0 bridgehead atoms. The Bertz CT molecular complexity index is 1340. The summed E-state index contributed by atoms with van der Waals surface area (Å²) < 4.78 is 26.8. The fraction of sp³-hybridized carbons (Fsp3) is 0.217. The zero-order valence-electron chi connectivity index (χ0n) is 18.1. The second kappa shape index (κ2) is 9.51. The number of aromatic nitrogens is 4. The average molecular weight is 451 g/mol. The Morgan fingerprint density at radius 2 is 1.88 bits per heavy atom. The van der Waals surface area contributed by atoms with Crippen LogP contribution in [-0.4, -0.2) is 46.0 Å². The molecule has 4 rings (SSSR count). The summed E-state index contributed by atoms with van der Waals surface area (Å²) in [6.07, 6.45) is 2.86. The van der Waals surface area contributed by atoms with Gasteiger partial charge in [-0.05, 0) is 29.8 Å². The normalized spacial score (nSPS) is 10.9. The number of benzene rings is 2. The fourth-order valence-electron chi connectivity index (χ4n) is 3.42. The molecule has 0 fully saturated rings. The van der Waals surface area contributed by atoms with Crippen LogP contribution in [-0.2, 0) is 13.1 Å². The third-order valence-electron chi connectivity index (χ3n) is 5.09. The first kappa shape index (κ1) is 22.0. The molecule has 0 atom stereocenters. The van der Waals surface area contributed by atoms with Gasteiger partial charge in [0.1, 0.15) is 29.0 Å². The third-order valence-corrected chi connectivity index (χ3v) is 5.09. The summed E-state index contributed by atoms with van der Waals surface area (Å²) in [6, 6.07) is 11.0.